The highest BCUT2D eigenvalue weighted by Gasteiger charge is 2.30. The van der Waals surface area contributed by atoms with Crippen LogP contribution in [0, 0.1) is 6.92 Å². The predicted molar refractivity (Wildman–Crippen MR) is 153 cm³/mol. The van der Waals surface area contributed by atoms with Gasteiger partial charge in [0.25, 0.3) is 0 Å². The van der Waals surface area contributed by atoms with Gasteiger partial charge in [0, 0.05) is 0 Å². The van der Waals surface area contributed by atoms with Gasteiger partial charge in [-0.25, -0.2) is 0 Å². The van der Waals surface area contributed by atoms with Crippen LogP contribution in [0.4, 0.5) is 0 Å². The summed E-state index contributed by atoms with van der Waals surface area (Å²) in [5, 5.41) is 0. The van der Waals surface area contributed by atoms with Gasteiger partial charge in [0.2, 0.25) is 0 Å². The average Bonchev–Trinajstić information content (AvgIpc) is 3.37. The number of hydrogen-bond donors (Lipinski definition) is 0. The third-order valence-corrected chi connectivity index (χ3v) is 8.17. The minimum atomic E-state index is 0.00314. The molecule has 2 heterocycles. The molecule has 0 saturated carbocycles. The van der Waals surface area contributed by atoms with E-state index in [-0.39, 0.29) is 12.2 Å². The molecule has 0 unspecified atom stereocenters. The molecule has 0 fully saturated rings. The normalized spacial score (nSPS) is 11.3. The lowest BCUT2D eigenvalue weighted by Crippen LogP contribution is -2.07. The second kappa shape index (κ2) is 11.1. The van der Waals surface area contributed by atoms with Crippen LogP contribution in [0.3, 0.4) is 0 Å². The van der Waals surface area contributed by atoms with Crippen LogP contribution in [0.5, 0.6) is 34.5 Å². The Morgan fingerprint density at radius 2 is 1.05 bits per heavy atom. The van der Waals surface area contributed by atoms with Crippen molar-refractivity contribution in [2.45, 2.75) is 46.8 Å². The summed E-state index contributed by atoms with van der Waals surface area (Å²) in [6.07, 6.45) is 0.0100. The number of fused-ring (bicyclic) bond motifs is 1. The van der Waals surface area contributed by atoms with Crippen molar-refractivity contribution in [1.82, 2.24) is 0 Å². The van der Waals surface area contributed by atoms with Crippen molar-refractivity contribution in [3.8, 4) is 55.4 Å². The smallest absolute Gasteiger partial charge is 0.155 e. The molecule has 4 rings (SSSR count). The van der Waals surface area contributed by atoms with E-state index in [0.29, 0.717) is 0 Å². The zero-order valence-electron chi connectivity index (χ0n) is 22.8. The van der Waals surface area contributed by atoms with E-state index in [1.807, 2.05) is 65.0 Å². The van der Waals surface area contributed by atoms with E-state index in [1.54, 1.807) is 51.1 Å². The van der Waals surface area contributed by atoms with Gasteiger partial charge in [-0.1, -0.05) is 6.07 Å². The van der Waals surface area contributed by atoms with Crippen LogP contribution >= 0.6 is 22.7 Å². The number of thiophene rings is 2. The summed E-state index contributed by atoms with van der Waals surface area (Å²) in [6.45, 7) is 10.1. The molecule has 4 aromatic rings. The van der Waals surface area contributed by atoms with Crippen molar-refractivity contribution in [2.75, 3.05) is 28.4 Å². The third-order valence-electron chi connectivity index (χ3n) is 5.67. The highest BCUT2D eigenvalue weighted by molar-refractivity contribution is 7.32. The first-order chi connectivity index (χ1) is 17.7. The number of aryl methyl sites for hydroxylation is 1. The maximum absolute atomic E-state index is 6.24. The second-order valence-corrected chi connectivity index (χ2v) is 11.1. The molecule has 8 heteroatoms. The fourth-order valence-electron chi connectivity index (χ4n) is 4.30. The first-order valence-electron chi connectivity index (χ1n) is 12.1. The van der Waals surface area contributed by atoms with E-state index >= 15 is 0 Å². The number of rotatable bonds is 10. The molecule has 0 N–H and O–H groups in total. The van der Waals surface area contributed by atoms with Gasteiger partial charge in [0.05, 0.1) is 70.9 Å². The van der Waals surface area contributed by atoms with Gasteiger partial charge in [-0.2, -0.15) is 0 Å². The van der Waals surface area contributed by atoms with Gasteiger partial charge >= 0.3 is 0 Å². The van der Waals surface area contributed by atoms with E-state index in [9.17, 15) is 0 Å². The zero-order chi connectivity index (χ0) is 26.9. The quantitative estimate of drug-likeness (QED) is 0.201. The Hall–Kier alpha value is -3.10. The number of ether oxygens (including phenoxy) is 6. The summed E-state index contributed by atoms with van der Waals surface area (Å²) >= 11 is 3.19. The van der Waals surface area contributed by atoms with Gasteiger partial charge in [0.15, 0.2) is 11.5 Å². The van der Waals surface area contributed by atoms with Crippen molar-refractivity contribution in [3.05, 3.63) is 35.9 Å². The van der Waals surface area contributed by atoms with Crippen LogP contribution < -0.4 is 28.4 Å². The van der Waals surface area contributed by atoms with Crippen LogP contribution in [0.1, 0.15) is 33.3 Å². The first-order valence-corrected chi connectivity index (χ1v) is 13.7. The summed E-state index contributed by atoms with van der Waals surface area (Å²) in [4.78, 5) is 1.86. The van der Waals surface area contributed by atoms with Crippen molar-refractivity contribution in [1.29, 1.82) is 0 Å². The van der Waals surface area contributed by atoms with Gasteiger partial charge in [-0.05, 0) is 64.4 Å². The van der Waals surface area contributed by atoms with Crippen molar-refractivity contribution in [3.63, 3.8) is 0 Å². The SMILES string of the molecule is COc1cccc(OC(C)C)c1-c1sc2c(OC)c(-c3c(OC)cc(C)cc3OC(C)C)sc2c1OC. The summed E-state index contributed by atoms with van der Waals surface area (Å²) < 4.78 is 38.0. The molecule has 0 saturated heterocycles. The average molecular weight is 543 g/mol. The minimum Gasteiger partial charge on any atom is -0.496 e. The molecule has 0 radical (unpaired) electrons. The summed E-state index contributed by atoms with van der Waals surface area (Å²) in [5.41, 5.74) is 2.79. The zero-order valence-corrected chi connectivity index (χ0v) is 24.4. The molecule has 0 spiro atoms. The highest BCUT2D eigenvalue weighted by atomic mass is 32.1. The monoisotopic (exact) mass is 542 g/mol. The second-order valence-electron chi connectivity index (χ2n) is 9.09. The van der Waals surface area contributed by atoms with Gasteiger partial charge in [-0.15, -0.1) is 22.7 Å². The molecule has 0 aliphatic carbocycles. The summed E-state index contributed by atoms with van der Waals surface area (Å²) in [7, 11) is 6.72. The van der Waals surface area contributed by atoms with Crippen LogP contribution in [0.2, 0.25) is 0 Å². The Kier molecular flexibility index (Phi) is 8.09. The fourth-order valence-corrected chi connectivity index (χ4v) is 7.18. The minimum absolute atomic E-state index is 0.00314. The molecule has 0 aliphatic rings. The molecule has 0 amide bonds. The first kappa shape index (κ1) is 26.9. The van der Waals surface area contributed by atoms with Crippen molar-refractivity contribution < 1.29 is 28.4 Å². The van der Waals surface area contributed by atoms with Crippen LogP contribution in [-0.2, 0) is 0 Å². The van der Waals surface area contributed by atoms with Crippen LogP contribution in [-0.4, -0.2) is 40.6 Å². The Balaban J connectivity index is 2.01. The van der Waals surface area contributed by atoms with E-state index in [1.165, 1.54) is 0 Å². The lowest BCUT2D eigenvalue weighted by molar-refractivity contribution is 0.242. The molecule has 2 aromatic heterocycles. The molecule has 198 valence electrons. The Morgan fingerprint density at radius 3 is 1.54 bits per heavy atom. The van der Waals surface area contributed by atoms with E-state index in [0.717, 1.165) is 70.3 Å². The van der Waals surface area contributed by atoms with E-state index in [2.05, 4.69) is 0 Å². The van der Waals surface area contributed by atoms with Gasteiger partial charge in [-0.3, -0.25) is 0 Å². The number of hydrogen-bond acceptors (Lipinski definition) is 8. The molecule has 37 heavy (non-hydrogen) atoms. The molecule has 0 atom stereocenters. The lowest BCUT2D eigenvalue weighted by atomic mass is 10.1. The standard InChI is InChI=1S/C29H34O6S2/c1-15(2)34-19-12-10-11-18(30-6)22(19)26-24(32-8)28-29(36-26)25(33-9)27(37-28)23-20(31-7)13-17(5)14-21(23)35-16(3)4/h10-16H,1-9H3. The largest absolute Gasteiger partial charge is 0.496 e. The van der Waals surface area contributed by atoms with Crippen LogP contribution in [0.25, 0.3) is 30.3 Å². The molecular formula is C29H34O6S2. The Morgan fingerprint density at radius 1 is 0.595 bits per heavy atom. The fraction of sp³-hybridized carbons (Fsp3) is 0.379. The number of benzene rings is 2. The number of methoxy groups -OCH3 is 4. The molecule has 2 aromatic carbocycles. The maximum Gasteiger partial charge on any atom is 0.155 e. The topological polar surface area (TPSA) is 55.4 Å². The highest BCUT2D eigenvalue weighted by Crippen LogP contribution is 2.60. The Labute approximate surface area is 226 Å². The van der Waals surface area contributed by atoms with Crippen molar-refractivity contribution in [2.24, 2.45) is 0 Å². The van der Waals surface area contributed by atoms with E-state index in [4.69, 9.17) is 28.4 Å². The van der Waals surface area contributed by atoms with Crippen molar-refractivity contribution >= 4 is 32.1 Å². The Bertz CT molecular complexity index is 1400. The molecule has 0 aliphatic heterocycles. The molecular weight excluding hydrogens is 508 g/mol. The summed E-state index contributed by atoms with van der Waals surface area (Å²) in [5.74, 6) is 4.47. The predicted octanol–water partition coefficient (Wildman–Crippen LogP) is 8.21. The third kappa shape index (κ3) is 5.05. The maximum atomic E-state index is 6.24. The van der Waals surface area contributed by atoms with E-state index < -0.39 is 0 Å². The van der Waals surface area contributed by atoms with Gasteiger partial charge < -0.3 is 28.4 Å². The molecule has 0 bridgehead atoms. The van der Waals surface area contributed by atoms with Crippen LogP contribution in [0.15, 0.2) is 30.3 Å². The van der Waals surface area contributed by atoms with Gasteiger partial charge in [0.1, 0.15) is 23.0 Å². The lowest BCUT2D eigenvalue weighted by Gasteiger charge is -2.18. The summed E-state index contributed by atoms with van der Waals surface area (Å²) in [6, 6.07) is 9.88. The molecule has 6 nitrogen and oxygen atoms in total.